The number of aryl methyl sites for hydroxylation is 1. The largest absolute Gasteiger partial charge is 0.481 e. The molecule has 2 heterocycles. The van der Waals surface area contributed by atoms with Crippen LogP contribution in [0, 0.1) is 6.92 Å². The average molecular weight is 291 g/mol. The summed E-state index contributed by atoms with van der Waals surface area (Å²) in [6, 6.07) is 0. The van der Waals surface area contributed by atoms with E-state index in [4.69, 9.17) is 5.11 Å². The highest BCUT2D eigenvalue weighted by molar-refractivity contribution is 7.99. The van der Waals surface area contributed by atoms with E-state index in [1.165, 1.54) is 0 Å². The van der Waals surface area contributed by atoms with Crippen molar-refractivity contribution in [2.24, 2.45) is 0 Å². The SMILES string of the molecule is C=Cc1c(-c2nc(SCC(=O)O)n[nH]2)nc(C)n1C=C. The Morgan fingerprint density at radius 3 is 2.85 bits per heavy atom. The Labute approximate surface area is 119 Å². The van der Waals surface area contributed by atoms with Gasteiger partial charge < -0.3 is 9.67 Å². The van der Waals surface area contributed by atoms with Crippen molar-refractivity contribution in [3.8, 4) is 11.5 Å². The summed E-state index contributed by atoms with van der Waals surface area (Å²) in [5.74, 6) is 0.212. The Kier molecular flexibility index (Phi) is 4.04. The number of hydrogen-bond donors (Lipinski definition) is 2. The number of carbonyl (C=O) groups is 1. The molecule has 0 aliphatic carbocycles. The van der Waals surface area contributed by atoms with Gasteiger partial charge in [-0.1, -0.05) is 24.9 Å². The van der Waals surface area contributed by atoms with Gasteiger partial charge in [0.25, 0.3) is 0 Å². The van der Waals surface area contributed by atoms with Crippen LogP contribution in [0.25, 0.3) is 23.8 Å². The third-order valence-electron chi connectivity index (χ3n) is 2.51. The lowest BCUT2D eigenvalue weighted by Gasteiger charge is -1.99. The van der Waals surface area contributed by atoms with Gasteiger partial charge in [-0.25, -0.2) is 4.98 Å². The molecular formula is C12H13N5O2S. The molecule has 0 unspecified atom stereocenters. The van der Waals surface area contributed by atoms with Crippen LogP contribution < -0.4 is 0 Å². The molecule has 0 atom stereocenters. The van der Waals surface area contributed by atoms with E-state index >= 15 is 0 Å². The highest BCUT2D eigenvalue weighted by Gasteiger charge is 2.16. The normalized spacial score (nSPS) is 10.4. The summed E-state index contributed by atoms with van der Waals surface area (Å²) in [6.45, 7) is 9.31. The van der Waals surface area contributed by atoms with E-state index in [0.29, 0.717) is 16.7 Å². The summed E-state index contributed by atoms with van der Waals surface area (Å²) in [5, 5.41) is 15.7. The molecular weight excluding hydrogens is 278 g/mol. The first-order valence-electron chi connectivity index (χ1n) is 5.68. The van der Waals surface area contributed by atoms with E-state index in [0.717, 1.165) is 23.3 Å². The fraction of sp³-hybridized carbons (Fsp3) is 0.167. The molecule has 0 fully saturated rings. The van der Waals surface area contributed by atoms with Crippen molar-refractivity contribution in [1.29, 1.82) is 0 Å². The second-order valence-electron chi connectivity index (χ2n) is 3.80. The topological polar surface area (TPSA) is 96.7 Å². The predicted molar refractivity (Wildman–Crippen MR) is 77.2 cm³/mol. The Morgan fingerprint density at radius 2 is 2.25 bits per heavy atom. The van der Waals surface area contributed by atoms with Crippen LogP contribution in [0.15, 0.2) is 18.3 Å². The molecule has 0 bridgehead atoms. The molecule has 2 rings (SSSR count). The minimum absolute atomic E-state index is 0.0915. The number of aromatic amines is 1. The number of aliphatic carboxylic acids is 1. The number of nitrogens with zero attached hydrogens (tertiary/aromatic N) is 4. The van der Waals surface area contributed by atoms with Gasteiger partial charge in [-0.2, -0.15) is 4.98 Å². The third-order valence-corrected chi connectivity index (χ3v) is 3.35. The van der Waals surface area contributed by atoms with Crippen LogP contribution >= 0.6 is 11.8 Å². The standard InChI is InChI=1S/C12H13N5O2S/c1-4-8-10(13-7(3)17(8)5-2)11-14-12(16-15-11)20-6-9(18)19/h4-5H,1-2,6H2,3H3,(H,18,19)(H,14,15,16). The molecule has 0 saturated carbocycles. The maximum absolute atomic E-state index is 10.5. The van der Waals surface area contributed by atoms with Crippen molar-refractivity contribution >= 4 is 30.0 Å². The van der Waals surface area contributed by atoms with Crippen LogP contribution in [0.3, 0.4) is 0 Å². The van der Waals surface area contributed by atoms with Gasteiger partial charge in [0, 0.05) is 6.20 Å². The molecule has 0 radical (unpaired) electrons. The van der Waals surface area contributed by atoms with Crippen molar-refractivity contribution in [2.75, 3.05) is 5.75 Å². The molecule has 0 spiro atoms. The number of aromatic nitrogens is 5. The molecule has 8 heteroatoms. The van der Waals surface area contributed by atoms with Gasteiger partial charge in [0.1, 0.15) is 11.5 Å². The van der Waals surface area contributed by atoms with Gasteiger partial charge in [-0.3, -0.25) is 9.89 Å². The van der Waals surface area contributed by atoms with E-state index < -0.39 is 5.97 Å². The fourth-order valence-electron chi connectivity index (χ4n) is 1.70. The molecule has 0 aliphatic heterocycles. The highest BCUT2D eigenvalue weighted by Crippen LogP contribution is 2.24. The molecule has 7 nitrogen and oxygen atoms in total. The number of thioether (sulfide) groups is 1. The number of carboxylic acids is 1. The van der Waals surface area contributed by atoms with Crippen LogP contribution in [0.2, 0.25) is 0 Å². The number of nitrogens with one attached hydrogen (secondary N) is 1. The summed E-state index contributed by atoms with van der Waals surface area (Å²) in [6.07, 6.45) is 3.29. The maximum atomic E-state index is 10.5. The van der Waals surface area contributed by atoms with Gasteiger partial charge in [-0.15, -0.1) is 5.10 Å². The zero-order valence-corrected chi connectivity index (χ0v) is 11.6. The maximum Gasteiger partial charge on any atom is 0.313 e. The van der Waals surface area contributed by atoms with Crippen LogP contribution in [0.5, 0.6) is 0 Å². The van der Waals surface area contributed by atoms with Crippen molar-refractivity contribution in [3.05, 3.63) is 24.7 Å². The monoisotopic (exact) mass is 291 g/mol. The van der Waals surface area contributed by atoms with Crippen molar-refractivity contribution < 1.29 is 9.90 Å². The Hall–Kier alpha value is -2.35. The Bertz CT molecular complexity index is 673. The third kappa shape index (κ3) is 2.64. The Balaban J connectivity index is 2.35. The first-order chi connectivity index (χ1) is 9.56. The lowest BCUT2D eigenvalue weighted by atomic mass is 10.3. The van der Waals surface area contributed by atoms with E-state index in [1.807, 2.05) is 6.92 Å². The zero-order chi connectivity index (χ0) is 14.7. The van der Waals surface area contributed by atoms with Gasteiger partial charge in [0.05, 0.1) is 11.4 Å². The van der Waals surface area contributed by atoms with E-state index in [1.54, 1.807) is 16.8 Å². The first-order valence-corrected chi connectivity index (χ1v) is 6.66. The minimum Gasteiger partial charge on any atom is -0.481 e. The molecule has 0 saturated heterocycles. The average Bonchev–Trinajstić information content (AvgIpc) is 2.99. The van der Waals surface area contributed by atoms with Crippen molar-refractivity contribution in [3.63, 3.8) is 0 Å². The molecule has 104 valence electrons. The molecule has 0 aromatic carbocycles. The lowest BCUT2D eigenvalue weighted by Crippen LogP contribution is -1.97. The van der Waals surface area contributed by atoms with Crippen LogP contribution in [0.4, 0.5) is 0 Å². The second-order valence-corrected chi connectivity index (χ2v) is 4.74. The quantitative estimate of drug-likeness (QED) is 0.789. The minimum atomic E-state index is -0.917. The smallest absolute Gasteiger partial charge is 0.313 e. The van der Waals surface area contributed by atoms with E-state index in [9.17, 15) is 4.79 Å². The first kappa shape index (κ1) is 14.1. The summed E-state index contributed by atoms with van der Waals surface area (Å²) in [4.78, 5) is 19.1. The molecule has 20 heavy (non-hydrogen) atoms. The zero-order valence-electron chi connectivity index (χ0n) is 10.8. The number of imidazole rings is 1. The summed E-state index contributed by atoms with van der Waals surface area (Å²) in [7, 11) is 0. The van der Waals surface area contributed by atoms with Crippen molar-refractivity contribution in [1.82, 2.24) is 24.7 Å². The second kappa shape index (κ2) is 5.74. The molecule has 0 aliphatic rings. The molecule has 2 N–H and O–H groups in total. The van der Waals surface area contributed by atoms with E-state index in [-0.39, 0.29) is 5.75 Å². The predicted octanol–water partition coefficient (Wildman–Crippen LogP) is 1.90. The summed E-state index contributed by atoms with van der Waals surface area (Å²) < 4.78 is 1.79. The van der Waals surface area contributed by atoms with Crippen molar-refractivity contribution in [2.45, 2.75) is 12.1 Å². The summed E-state index contributed by atoms with van der Waals surface area (Å²) >= 11 is 1.04. The van der Waals surface area contributed by atoms with Crippen LogP contribution in [0.1, 0.15) is 11.5 Å². The number of carboxylic acid groups (broad SMARTS) is 1. The molecule has 2 aromatic rings. The Morgan fingerprint density at radius 1 is 1.50 bits per heavy atom. The van der Waals surface area contributed by atoms with Crippen LogP contribution in [-0.2, 0) is 4.79 Å². The lowest BCUT2D eigenvalue weighted by molar-refractivity contribution is -0.133. The number of rotatable bonds is 6. The molecule has 2 aromatic heterocycles. The van der Waals surface area contributed by atoms with Gasteiger partial charge in [0.15, 0.2) is 5.82 Å². The van der Waals surface area contributed by atoms with Gasteiger partial charge in [-0.05, 0) is 13.0 Å². The van der Waals surface area contributed by atoms with Gasteiger partial charge in [0.2, 0.25) is 5.16 Å². The highest BCUT2D eigenvalue weighted by atomic mass is 32.2. The summed E-state index contributed by atoms with van der Waals surface area (Å²) in [5.41, 5.74) is 1.36. The van der Waals surface area contributed by atoms with Gasteiger partial charge >= 0.3 is 5.97 Å². The number of H-pyrrole nitrogens is 1. The molecule has 0 amide bonds. The van der Waals surface area contributed by atoms with Crippen LogP contribution in [-0.4, -0.2) is 41.6 Å². The fourth-order valence-corrected chi connectivity index (χ4v) is 2.22. The number of hydrogen-bond acceptors (Lipinski definition) is 5. The van der Waals surface area contributed by atoms with E-state index in [2.05, 4.69) is 33.3 Å².